The first-order valence-electron chi connectivity index (χ1n) is 21.8. The van der Waals surface area contributed by atoms with Crippen molar-refractivity contribution in [2.24, 2.45) is 0 Å². The number of nitrogens with one attached hydrogen (secondary N) is 6. The van der Waals surface area contributed by atoms with Crippen LogP contribution in [0, 0.1) is 0 Å². The summed E-state index contributed by atoms with van der Waals surface area (Å²) >= 11 is 0. The monoisotopic (exact) mass is 841 g/mol. The Balaban J connectivity index is 1.91. The van der Waals surface area contributed by atoms with Crippen LogP contribution in [-0.2, 0) is 30.8 Å². The number of carbonyl (C=O) groups is 3. The molecular formula is C53H59N7O3. The highest BCUT2D eigenvalue weighted by molar-refractivity contribution is 6.02. The van der Waals surface area contributed by atoms with E-state index in [-0.39, 0.29) is 30.8 Å². The van der Waals surface area contributed by atoms with E-state index >= 15 is 14.4 Å². The molecule has 10 nitrogen and oxygen atoms in total. The zero-order valence-corrected chi connectivity index (χ0v) is 36.4. The van der Waals surface area contributed by atoms with Crippen molar-refractivity contribution in [3.05, 3.63) is 215 Å². The molecule has 0 saturated carbocycles. The summed E-state index contributed by atoms with van der Waals surface area (Å²) in [7, 11) is 4.97. The van der Waals surface area contributed by atoms with E-state index in [9.17, 15) is 0 Å². The molecule has 0 aromatic heterocycles. The molecule has 1 aliphatic heterocycles. The van der Waals surface area contributed by atoms with E-state index < -0.39 is 21.9 Å². The average Bonchev–Trinajstić information content (AvgIpc) is 3.35. The van der Waals surface area contributed by atoms with Crippen LogP contribution in [0.3, 0.4) is 0 Å². The van der Waals surface area contributed by atoms with E-state index in [2.05, 4.69) is 36.8 Å². The Bertz CT molecular complexity index is 2160. The first kappa shape index (κ1) is 44.6. The van der Waals surface area contributed by atoms with Gasteiger partial charge in [0.15, 0.2) is 5.54 Å². The van der Waals surface area contributed by atoms with Gasteiger partial charge < -0.3 is 31.9 Å². The predicted octanol–water partition coefficient (Wildman–Crippen LogP) is 4.96. The van der Waals surface area contributed by atoms with E-state index in [0.717, 1.165) is 6.54 Å². The van der Waals surface area contributed by atoms with Gasteiger partial charge >= 0.3 is 0 Å². The second-order valence-electron chi connectivity index (χ2n) is 15.8. The maximum Gasteiger partial charge on any atom is 0.249 e. The van der Waals surface area contributed by atoms with E-state index in [1.54, 1.807) is 21.1 Å². The van der Waals surface area contributed by atoms with Gasteiger partial charge in [-0.05, 0) is 33.4 Å². The van der Waals surface area contributed by atoms with Crippen molar-refractivity contribution in [1.29, 1.82) is 0 Å². The van der Waals surface area contributed by atoms with Gasteiger partial charge in [0.25, 0.3) is 0 Å². The summed E-state index contributed by atoms with van der Waals surface area (Å²) in [6.07, 6.45) is 0. The number of hydrogen-bond donors (Lipinski definition) is 6. The standard InChI is InChI=1S/C53H59N7O3/c1-54-47(61)51(41-22-10-4-11-23-41,42-24-12-5-13-25-42)50(52(48(62)55-2,43-26-14-6-15-27-43)44-28-16-7-17-29-44)40-59-37-36-57-34-35-58-38-39-60(50)53(49(63)56-3,45-30-18-8-19-31-45)46-32-20-9-21-33-46/h4-33,57-59H,34-40H2,1-3H3,(H,54,61)(H,55,62)(H,56,63). The van der Waals surface area contributed by atoms with Crippen LogP contribution in [0.4, 0.5) is 0 Å². The Labute approximate surface area is 371 Å². The molecule has 7 rings (SSSR count). The van der Waals surface area contributed by atoms with Crippen LogP contribution in [0.5, 0.6) is 0 Å². The normalized spacial score (nSPS) is 15.5. The van der Waals surface area contributed by atoms with Gasteiger partial charge in [0.1, 0.15) is 10.8 Å². The summed E-state index contributed by atoms with van der Waals surface area (Å²) in [6.45, 7) is 3.00. The molecule has 63 heavy (non-hydrogen) atoms. The molecule has 6 aromatic rings. The van der Waals surface area contributed by atoms with Gasteiger partial charge in [0, 0.05) is 67.0 Å². The zero-order chi connectivity index (χ0) is 44.2. The fourth-order valence-electron chi connectivity index (χ4n) is 10.5. The molecular weight excluding hydrogens is 783 g/mol. The van der Waals surface area contributed by atoms with E-state index in [1.807, 2.05) is 182 Å². The number of carbonyl (C=O) groups excluding carboxylic acids is 3. The molecule has 0 aliphatic carbocycles. The van der Waals surface area contributed by atoms with Crippen molar-refractivity contribution in [1.82, 2.24) is 36.8 Å². The highest BCUT2D eigenvalue weighted by Gasteiger charge is 2.76. The van der Waals surface area contributed by atoms with Crippen molar-refractivity contribution >= 4 is 17.7 Å². The van der Waals surface area contributed by atoms with Gasteiger partial charge in [-0.1, -0.05) is 182 Å². The fraction of sp³-hybridized carbons (Fsp3) is 0.264. The third-order valence-electron chi connectivity index (χ3n) is 12.9. The fourth-order valence-corrected chi connectivity index (χ4v) is 10.5. The minimum Gasteiger partial charge on any atom is -0.358 e. The van der Waals surface area contributed by atoms with Crippen molar-refractivity contribution in [2.45, 2.75) is 21.9 Å². The molecule has 1 fully saturated rings. The predicted molar refractivity (Wildman–Crippen MR) is 251 cm³/mol. The zero-order valence-electron chi connectivity index (χ0n) is 36.4. The van der Waals surface area contributed by atoms with Gasteiger partial charge in [-0.15, -0.1) is 0 Å². The van der Waals surface area contributed by atoms with Crippen molar-refractivity contribution < 1.29 is 14.4 Å². The van der Waals surface area contributed by atoms with E-state index in [4.69, 9.17) is 0 Å². The quantitative estimate of drug-likeness (QED) is 0.103. The maximum absolute atomic E-state index is 16.6. The van der Waals surface area contributed by atoms with Crippen molar-refractivity contribution in [2.75, 3.05) is 67.0 Å². The van der Waals surface area contributed by atoms with Crippen molar-refractivity contribution in [3.8, 4) is 0 Å². The Hall–Kier alpha value is -6.43. The molecule has 0 atom stereocenters. The summed E-state index contributed by atoms with van der Waals surface area (Å²) in [5.41, 5.74) is -3.31. The Morgan fingerprint density at radius 1 is 0.413 bits per heavy atom. The molecule has 1 saturated heterocycles. The van der Waals surface area contributed by atoms with Gasteiger partial charge in [0.2, 0.25) is 17.7 Å². The van der Waals surface area contributed by atoms with Crippen LogP contribution >= 0.6 is 0 Å². The van der Waals surface area contributed by atoms with Gasteiger partial charge in [-0.3, -0.25) is 19.3 Å². The molecule has 0 unspecified atom stereocenters. The number of nitrogens with zero attached hydrogens (tertiary/aromatic N) is 1. The first-order chi connectivity index (χ1) is 30.9. The Morgan fingerprint density at radius 2 is 0.698 bits per heavy atom. The molecule has 10 heteroatoms. The number of rotatable bonds is 12. The summed E-state index contributed by atoms with van der Waals surface area (Å²) in [4.78, 5) is 51.6. The lowest BCUT2D eigenvalue weighted by molar-refractivity contribution is -0.158. The number of likely N-dealkylation sites (N-methyl/N-ethyl adjacent to an activating group) is 3. The van der Waals surface area contributed by atoms with Gasteiger partial charge in [0.05, 0.1) is 5.54 Å². The summed E-state index contributed by atoms with van der Waals surface area (Å²) in [5.74, 6) is -1.06. The van der Waals surface area contributed by atoms with Crippen molar-refractivity contribution in [3.63, 3.8) is 0 Å². The first-order valence-corrected chi connectivity index (χ1v) is 21.8. The summed E-state index contributed by atoms with van der Waals surface area (Å²) < 4.78 is 0. The molecule has 1 aliphatic rings. The average molecular weight is 842 g/mol. The smallest absolute Gasteiger partial charge is 0.249 e. The van der Waals surface area contributed by atoms with Crippen LogP contribution in [0.15, 0.2) is 182 Å². The highest BCUT2D eigenvalue weighted by atomic mass is 16.2. The second-order valence-corrected chi connectivity index (χ2v) is 15.8. The lowest BCUT2D eigenvalue weighted by Crippen LogP contribution is -2.85. The van der Waals surface area contributed by atoms with Crippen LogP contribution in [0.2, 0.25) is 0 Å². The van der Waals surface area contributed by atoms with Crippen LogP contribution in [-0.4, -0.2) is 95.1 Å². The number of amides is 3. The molecule has 0 bridgehead atoms. The van der Waals surface area contributed by atoms with E-state index in [0.29, 0.717) is 59.6 Å². The third-order valence-corrected chi connectivity index (χ3v) is 12.9. The second kappa shape index (κ2) is 20.2. The topological polar surface area (TPSA) is 127 Å². The number of benzene rings is 6. The molecule has 6 N–H and O–H groups in total. The summed E-state index contributed by atoms with van der Waals surface area (Å²) in [5, 5.41) is 20.7. The Morgan fingerprint density at radius 3 is 1.02 bits per heavy atom. The molecule has 324 valence electrons. The van der Waals surface area contributed by atoms with Gasteiger partial charge in [-0.2, -0.15) is 0 Å². The molecule has 3 amide bonds. The minimum absolute atomic E-state index is 0.0154. The molecule has 1 heterocycles. The summed E-state index contributed by atoms with van der Waals surface area (Å²) in [6, 6.07) is 58.7. The van der Waals surface area contributed by atoms with Gasteiger partial charge in [-0.25, -0.2) is 0 Å². The molecule has 6 aromatic carbocycles. The lowest BCUT2D eigenvalue weighted by Gasteiger charge is -2.67. The van der Waals surface area contributed by atoms with Crippen LogP contribution < -0.4 is 31.9 Å². The van der Waals surface area contributed by atoms with E-state index in [1.165, 1.54) is 0 Å². The Kier molecular flexibility index (Phi) is 14.3. The van der Waals surface area contributed by atoms with Crippen LogP contribution in [0.1, 0.15) is 33.4 Å². The molecule has 0 spiro atoms. The lowest BCUT2D eigenvalue weighted by atomic mass is 9.45. The number of hydrogen-bond acceptors (Lipinski definition) is 7. The van der Waals surface area contributed by atoms with Crippen LogP contribution in [0.25, 0.3) is 0 Å². The molecule has 0 radical (unpaired) electrons. The third kappa shape index (κ3) is 7.53. The minimum atomic E-state index is -1.83. The maximum atomic E-state index is 16.6. The highest BCUT2D eigenvalue weighted by Crippen LogP contribution is 2.61. The SMILES string of the molecule is CNC(=O)C(c1ccccc1)(c1ccccc1)N1CCNCCNCCNCC1(C(C(=O)NC)(c1ccccc1)c1ccccc1)C(C(=O)NC)(c1ccccc1)c1ccccc1. The largest absolute Gasteiger partial charge is 0.358 e.